The van der Waals surface area contributed by atoms with Crippen LogP contribution >= 0.6 is 0 Å². The van der Waals surface area contributed by atoms with E-state index in [2.05, 4.69) is 20.9 Å². The van der Waals surface area contributed by atoms with Gasteiger partial charge in [0.2, 0.25) is 23.6 Å². The minimum absolute atomic E-state index is 0.0266. The Morgan fingerprint density at radius 2 is 1.41 bits per heavy atom. The Morgan fingerprint density at radius 3 is 1.95 bits per heavy atom. The minimum atomic E-state index is -1.63. The lowest BCUT2D eigenvalue weighted by Crippen LogP contribution is -2.58. The first kappa shape index (κ1) is 32.6. The molecule has 1 aromatic carbocycles. The van der Waals surface area contributed by atoms with Gasteiger partial charge in [0.05, 0.1) is 12.6 Å². The molecule has 0 aliphatic heterocycles. The summed E-state index contributed by atoms with van der Waals surface area (Å²) in [5.74, 6) is -4.82. The summed E-state index contributed by atoms with van der Waals surface area (Å²) in [5.41, 5.74) is 22.0. The molecule has 0 spiro atoms. The number of nitrogens with one attached hydrogen (secondary N) is 3. The number of amides is 4. The van der Waals surface area contributed by atoms with Crippen molar-refractivity contribution < 1.29 is 39.3 Å². The second-order valence-corrected chi connectivity index (χ2v) is 8.64. The lowest BCUT2D eigenvalue weighted by Gasteiger charge is -2.25. The highest BCUT2D eigenvalue weighted by atomic mass is 16.4. The fourth-order valence-corrected chi connectivity index (χ4v) is 3.29. The normalized spacial score (nSPS) is 13.7. The summed E-state index contributed by atoms with van der Waals surface area (Å²) in [6.07, 6.45) is -0.0675. The Morgan fingerprint density at radius 1 is 0.846 bits per heavy atom. The van der Waals surface area contributed by atoms with Crippen molar-refractivity contribution in [3.8, 4) is 5.75 Å². The largest absolute Gasteiger partial charge is 0.508 e. The van der Waals surface area contributed by atoms with Crippen LogP contribution in [0, 0.1) is 0 Å². The fraction of sp³-hybridized carbons (Fsp3) is 0.478. The number of phenols is 1. The summed E-state index contributed by atoms with van der Waals surface area (Å²) in [6, 6.07) is 0.382. The summed E-state index contributed by atoms with van der Waals surface area (Å²) >= 11 is 0. The number of primary amides is 1. The number of aliphatic hydroxyl groups excluding tert-OH is 1. The van der Waals surface area contributed by atoms with E-state index in [4.69, 9.17) is 22.9 Å². The number of nitrogens with zero attached hydrogens (tertiary/aromatic N) is 1. The summed E-state index contributed by atoms with van der Waals surface area (Å²) in [4.78, 5) is 64.8. The van der Waals surface area contributed by atoms with Gasteiger partial charge in [-0.1, -0.05) is 12.1 Å². The second-order valence-electron chi connectivity index (χ2n) is 8.64. The first-order valence-corrected chi connectivity index (χ1v) is 12.0. The molecule has 0 saturated carbocycles. The maximum atomic E-state index is 13.2. The molecule has 0 saturated heterocycles. The van der Waals surface area contributed by atoms with E-state index in [-0.39, 0.29) is 50.4 Å². The molecule has 0 aromatic heterocycles. The monoisotopic (exact) mass is 552 g/mol. The number of rotatable bonds is 17. The summed E-state index contributed by atoms with van der Waals surface area (Å²) < 4.78 is 0. The lowest BCUT2D eigenvalue weighted by molar-refractivity contribution is -0.143. The zero-order valence-corrected chi connectivity index (χ0v) is 21.2. The number of guanidine groups is 1. The number of nitrogens with two attached hydrogens (primary N) is 4. The van der Waals surface area contributed by atoms with Crippen LogP contribution < -0.4 is 38.9 Å². The van der Waals surface area contributed by atoms with Crippen LogP contribution in [0.3, 0.4) is 0 Å². The van der Waals surface area contributed by atoms with Crippen LogP contribution in [0.15, 0.2) is 29.3 Å². The van der Waals surface area contributed by atoms with E-state index in [9.17, 15) is 39.3 Å². The third kappa shape index (κ3) is 12.6. The standard InChI is InChI=1S/C23H36N8O8/c24-14(7-8-18(25)34)19(35)29-15(2-1-9-28-23(26)27)20(36)30-16(10-12-3-5-13(33)6-4-12)21(37)31-17(11-32)22(38)39/h3-6,14-17,32-33H,1-2,7-11,24H2,(H2,25,34)(H,29,35)(H,30,36)(H,31,37)(H,38,39)(H4,26,27,28). The van der Waals surface area contributed by atoms with Gasteiger partial charge in [0, 0.05) is 19.4 Å². The number of hydrogen-bond acceptors (Lipinski definition) is 9. The zero-order chi connectivity index (χ0) is 29.5. The average Bonchev–Trinajstić information content (AvgIpc) is 2.87. The molecule has 16 nitrogen and oxygen atoms in total. The Hall–Kier alpha value is -4.44. The van der Waals surface area contributed by atoms with Crippen molar-refractivity contribution in [2.75, 3.05) is 13.2 Å². The molecular weight excluding hydrogens is 516 g/mol. The van der Waals surface area contributed by atoms with E-state index in [1.807, 2.05) is 0 Å². The van der Waals surface area contributed by atoms with Crippen molar-refractivity contribution in [3.05, 3.63) is 29.8 Å². The molecule has 4 amide bonds. The Kier molecular flexibility index (Phi) is 13.7. The van der Waals surface area contributed by atoms with Gasteiger partial charge in [0.1, 0.15) is 23.9 Å². The van der Waals surface area contributed by atoms with E-state index in [1.165, 1.54) is 24.3 Å². The fourth-order valence-electron chi connectivity index (χ4n) is 3.29. The van der Waals surface area contributed by atoms with E-state index in [0.717, 1.165) is 0 Å². The number of hydrogen-bond donors (Lipinski definition) is 10. The second kappa shape index (κ2) is 16.4. The Bertz CT molecular complexity index is 1030. The van der Waals surface area contributed by atoms with Gasteiger partial charge < -0.3 is 54.2 Å². The first-order chi connectivity index (χ1) is 18.3. The molecule has 0 fully saturated rings. The summed E-state index contributed by atoms with van der Waals surface area (Å²) in [7, 11) is 0. The number of carbonyl (C=O) groups excluding carboxylic acids is 4. The predicted molar refractivity (Wildman–Crippen MR) is 139 cm³/mol. The quantitative estimate of drug-likeness (QED) is 0.0506. The third-order valence-corrected chi connectivity index (χ3v) is 5.42. The van der Waals surface area contributed by atoms with Crippen LogP contribution in [-0.4, -0.2) is 88.2 Å². The van der Waals surface area contributed by atoms with E-state index < -0.39 is 60.4 Å². The first-order valence-electron chi connectivity index (χ1n) is 12.0. The number of aliphatic imine (C=N–C) groups is 1. The molecule has 0 aliphatic carbocycles. The number of benzene rings is 1. The highest BCUT2D eigenvalue weighted by Gasteiger charge is 2.30. The highest BCUT2D eigenvalue weighted by molar-refractivity contribution is 5.94. The molecule has 0 aliphatic rings. The predicted octanol–water partition coefficient (Wildman–Crippen LogP) is -3.89. The number of phenolic OH excluding ortho intramolecular Hbond substituents is 1. The number of aromatic hydroxyl groups is 1. The molecular formula is C23H36N8O8. The smallest absolute Gasteiger partial charge is 0.328 e. The highest BCUT2D eigenvalue weighted by Crippen LogP contribution is 2.12. The molecule has 0 bridgehead atoms. The van der Waals surface area contributed by atoms with Gasteiger partial charge in [-0.3, -0.25) is 24.2 Å². The van der Waals surface area contributed by atoms with Crippen molar-refractivity contribution in [2.24, 2.45) is 27.9 Å². The van der Waals surface area contributed by atoms with Crippen molar-refractivity contribution in [2.45, 2.75) is 56.3 Å². The molecule has 216 valence electrons. The SMILES string of the molecule is NC(=O)CCC(N)C(=O)NC(CCCN=C(N)N)C(=O)NC(Cc1ccc(O)cc1)C(=O)NC(CO)C(=O)O. The van der Waals surface area contributed by atoms with Gasteiger partial charge in [0.15, 0.2) is 5.96 Å². The zero-order valence-electron chi connectivity index (χ0n) is 21.2. The van der Waals surface area contributed by atoms with E-state index in [1.54, 1.807) is 0 Å². The molecule has 39 heavy (non-hydrogen) atoms. The van der Waals surface area contributed by atoms with Gasteiger partial charge in [-0.2, -0.15) is 0 Å². The number of aliphatic carboxylic acids is 1. The number of carbonyl (C=O) groups is 5. The molecule has 0 radical (unpaired) electrons. The van der Waals surface area contributed by atoms with Crippen LogP contribution in [0.4, 0.5) is 0 Å². The Balaban J connectivity index is 3.14. The average molecular weight is 553 g/mol. The van der Waals surface area contributed by atoms with Crippen molar-refractivity contribution >= 4 is 35.6 Å². The van der Waals surface area contributed by atoms with Crippen molar-refractivity contribution in [1.82, 2.24) is 16.0 Å². The van der Waals surface area contributed by atoms with Crippen LogP contribution in [0.2, 0.25) is 0 Å². The number of aliphatic hydroxyl groups is 1. The minimum Gasteiger partial charge on any atom is -0.508 e. The van der Waals surface area contributed by atoms with Gasteiger partial charge in [-0.05, 0) is 37.0 Å². The topological polar surface area (TPSA) is 299 Å². The van der Waals surface area contributed by atoms with Crippen LogP contribution in [0.1, 0.15) is 31.2 Å². The number of carboxylic acid groups (broad SMARTS) is 1. The van der Waals surface area contributed by atoms with Crippen LogP contribution in [0.25, 0.3) is 0 Å². The molecule has 0 heterocycles. The molecule has 1 aromatic rings. The maximum absolute atomic E-state index is 13.2. The maximum Gasteiger partial charge on any atom is 0.328 e. The van der Waals surface area contributed by atoms with Crippen molar-refractivity contribution in [3.63, 3.8) is 0 Å². The van der Waals surface area contributed by atoms with Crippen molar-refractivity contribution in [1.29, 1.82) is 0 Å². The van der Waals surface area contributed by atoms with E-state index in [0.29, 0.717) is 5.56 Å². The lowest BCUT2D eigenvalue weighted by atomic mass is 10.0. The summed E-state index contributed by atoms with van der Waals surface area (Å²) in [5, 5.41) is 35.1. The van der Waals surface area contributed by atoms with Crippen LogP contribution in [-0.2, 0) is 30.4 Å². The van der Waals surface area contributed by atoms with Gasteiger partial charge in [-0.25, -0.2) is 4.79 Å². The third-order valence-electron chi connectivity index (χ3n) is 5.42. The molecule has 4 unspecified atom stereocenters. The Labute approximate surface area is 224 Å². The summed E-state index contributed by atoms with van der Waals surface area (Å²) in [6.45, 7) is -0.766. The van der Waals surface area contributed by atoms with Gasteiger partial charge in [-0.15, -0.1) is 0 Å². The number of carboxylic acids is 1. The molecule has 14 N–H and O–H groups in total. The van der Waals surface area contributed by atoms with Gasteiger partial charge in [0.25, 0.3) is 0 Å². The van der Waals surface area contributed by atoms with Crippen LogP contribution in [0.5, 0.6) is 5.75 Å². The molecule has 4 atom stereocenters. The molecule has 1 rings (SSSR count). The van der Waals surface area contributed by atoms with E-state index >= 15 is 0 Å². The van der Waals surface area contributed by atoms with Gasteiger partial charge >= 0.3 is 5.97 Å². The molecule has 16 heteroatoms.